The summed E-state index contributed by atoms with van der Waals surface area (Å²) in [7, 11) is -4.96. The van der Waals surface area contributed by atoms with Crippen molar-refractivity contribution in [1.29, 1.82) is 0 Å². The summed E-state index contributed by atoms with van der Waals surface area (Å²) in [6.07, 6.45) is 0.866. The predicted molar refractivity (Wildman–Crippen MR) is 45.2 cm³/mol. The van der Waals surface area contributed by atoms with Crippen molar-refractivity contribution in [3.8, 4) is 0 Å². The van der Waals surface area contributed by atoms with Gasteiger partial charge in [0.2, 0.25) is 0 Å². The zero-order chi connectivity index (χ0) is 11.2. The van der Waals surface area contributed by atoms with E-state index in [4.69, 9.17) is 5.21 Å². The van der Waals surface area contributed by atoms with Gasteiger partial charge in [0, 0.05) is 5.39 Å². The number of halogens is 2. The second-order valence-corrected chi connectivity index (χ2v) is 4.10. The van der Waals surface area contributed by atoms with Crippen molar-refractivity contribution in [3.63, 3.8) is 0 Å². The molecule has 1 heterocycles. The van der Waals surface area contributed by atoms with Crippen molar-refractivity contribution in [2.24, 2.45) is 0 Å². The van der Waals surface area contributed by atoms with Crippen LogP contribution in [0, 0.1) is 5.82 Å². The second kappa shape index (κ2) is 2.89. The Bertz CT molecular complexity index is 635. The molecule has 1 aromatic carbocycles. The third-order valence-electron chi connectivity index (χ3n) is 1.89. The van der Waals surface area contributed by atoms with Crippen molar-refractivity contribution in [3.05, 3.63) is 24.1 Å². The van der Waals surface area contributed by atoms with E-state index in [9.17, 15) is 16.7 Å². The number of hydrogen-bond acceptors (Lipinski definition) is 4. The van der Waals surface area contributed by atoms with Crippen molar-refractivity contribution < 1.29 is 21.9 Å². The first-order valence-corrected chi connectivity index (χ1v) is 5.10. The Kier molecular flexibility index (Phi) is 1.90. The van der Waals surface area contributed by atoms with Crippen LogP contribution in [0.25, 0.3) is 10.9 Å². The van der Waals surface area contributed by atoms with Crippen LogP contribution < -0.4 is 0 Å². The van der Waals surface area contributed by atoms with Gasteiger partial charge < -0.3 is 5.21 Å². The smallest absolute Gasteiger partial charge is 0.332 e. The van der Waals surface area contributed by atoms with Gasteiger partial charge in [-0.05, 0) is 12.1 Å². The minimum Gasteiger partial charge on any atom is -0.411 e. The Hall–Kier alpha value is -1.70. The molecule has 0 unspecified atom stereocenters. The normalized spacial score (nSPS) is 12.1. The lowest BCUT2D eigenvalue weighted by Crippen LogP contribution is -1.97. The number of aromatic nitrogens is 2. The number of hydrogen-bond donors (Lipinski definition) is 1. The Morgan fingerprint density at radius 1 is 1.40 bits per heavy atom. The fraction of sp³-hybridized carbons (Fsp3) is 0. The van der Waals surface area contributed by atoms with E-state index in [1.807, 2.05) is 0 Å². The maximum absolute atomic E-state index is 13.1. The topological polar surface area (TPSA) is 72.2 Å². The number of fused-ring (bicyclic) bond motifs is 1. The fourth-order valence-corrected chi connectivity index (χ4v) is 1.92. The monoisotopic (exact) mass is 234 g/mol. The SMILES string of the molecule is O=S(=O)(F)c1ccc(F)c2c1cnn2O. The molecule has 0 aliphatic rings. The molecule has 0 amide bonds. The summed E-state index contributed by atoms with van der Waals surface area (Å²) in [5, 5.41) is 12.0. The van der Waals surface area contributed by atoms with Crippen LogP contribution in [-0.2, 0) is 10.2 Å². The van der Waals surface area contributed by atoms with E-state index in [0.29, 0.717) is 0 Å². The lowest BCUT2D eigenvalue weighted by atomic mass is 10.2. The van der Waals surface area contributed by atoms with Gasteiger partial charge in [0.1, 0.15) is 10.4 Å². The molecule has 8 heteroatoms. The van der Waals surface area contributed by atoms with Crippen LogP contribution in [0.3, 0.4) is 0 Å². The van der Waals surface area contributed by atoms with Gasteiger partial charge in [-0.3, -0.25) is 0 Å². The molecule has 80 valence electrons. The van der Waals surface area contributed by atoms with Gasteiger partial charge in [0.25, 0.3) is 0 Å². The lowest BCUT2D eigenvalue weighted by molar-refractivity contribution is 0.159. The van der Waals surface area contributed by atoms with Crippen LogP contribution in [0.2, 0.25) is 0 Å². The Labute approximate surface area is 82.7 Å². The maximum Gasteiger partial charge on any atom is 0.332 e. The van der Waals surface area contributed by atoms with E-state index in [1.54, 1.807) is 0 Å². The Morgan fingerprint density at radius 3 is 2.67 bits per heavy atom. The van der Waals surface area contributed by atoms with Crippen LogP contribution >= 0.6 is 0 Å². The maximum atomic E-state index is 13.1. The summed E-state index contributed by atoms with van der Waals surface area (Å²) < 4.78 is 47.2. The first kappa shape index (κ1) is 9.84. The number of rotatable bonds is 1. The number of nitrogens with zero attached hydrogens (tertiary/aromatic N) is 2. The first-order chi connectivity index (χ1) is 6.91. The summed E-state index contributed by atoms with van der Waals surface area (Å²) in [6.45, 7) is 0. The second-order valence-electron chi connectivity index (χ2n) is 2.78. The summed E-state index contributed by atoms with van der Waals surface area (Å²) in [5.74, 6) is -0.891. The van der Waals surface area contributed by atoms with E-state index in [0.717, 1.165) is 18.3 Å². The van der Waals surface area contributed by atoms with Crippen LogP contribution in [0.15, 0.2) is 23.2 Å². The molecule has 0 saturated heterocycles. The van der Waals surface area contributed by atoms with Gasteiger partial charge >= 0.3 is 10.2 Å². The van der Waals surface area contributed by atoms with Crippen molar-refractivity contribution in [1.82, 2.24) is 9.94 Å². The van der Waals surface area contributed by atoms with Crippen LogP contribution in [0.5, 0.6) is 0 Å². The first-order valence-electron chi connectivity index (χ1n) is 3.71. The summed E-state index contributed by atoms with van der Waals surface area (Å²) in [6, 6.07) is 1.51. The average molecular weight is 234 g/mol. The van der Waals surface area contributed by atoms with Gasteiger partial charge in [0.05, 0.1) is 6.20 Å². The highest BCUT2D eigenvalue weighted by Crippen LogP contribution is 2.25. The minimum atomic E-state index is -4.96. The molecular formula is C7H4F2N2O3S. The predicted octanol–water partition coefficient (Wildman–Crippen LogP) is 1.07. The molecule has 0 spiro atoms. The molecule has 0 aliphatic carbocycles. The van der Waals surface area contributed by atoms with Crippen molar-refractivity contribution >= 4 is 21.1 Å². The van der Waals surface area contributed by atoms with Crippen molar-refractivity contribution in [2.75, 3.05) is 0 Å². The minimum absolute atomic E-state index is 0.152. The highest BCUT2D eigenvalue weighted by Gasteiger charge is 2.20. The van der Waals surface area contributed by atoms with E-state index in [1.165, 1.54) is 0 Å². The summed E-state index contributed by atoms with van der Waals surface area (Å²) >= 11 is 0. The largest absolute Gasteiger partial charge is 0.411 e. The molecule has 2 aromatic rings. The van der Waals surface area contributed by atoms with Crippen LogP contribution in [-0.4, -0.2) is 23.6 Å². The molecule has 0 radical (unpaired) electrons. The molecule has 1 N–H and O–H groups in total. The highest BCUT2D eigenvalue weighted by molar-refractivity contribution is 7.86. The zero-order valence-corrected chi connectivity index (χ0v) is 7.87. The fourth-order valence-electron chi connectivity index (χ4n) is 1.27. The molecular weight excluding hydrogens is 230 g/mol. The quantitative estimate of drug-likeness (QED) is 0.591. The molecule has 15 heavy (non-hydrogen) atoms. The third kappa shape index (κ3) is 1.42. The van der Waals surface area contributed by atoms with Crippen LogP contribution in [0.1, 0.15) is 0 Å². The molecule has 1 aromatic heterocycles. The molecule has 2 rings (SSSR count). The average Bonchev–Trinajstić information content (AvgIpc) is 2.47. The van der Waals surface area contributed by atoms with Crippen LogP contribution in [0.4, 0.5) is 8.28 Å². The highest BCUT2D eigenvalue weighted by atomic mass is 32.3. The summed E-state index contributed by atoms with van der Waals surface area (Å²) in [4.78, 5) is -0.571. The molecule has 5 nitrogen and oxygen atoms in total. The molecule has 0 saturated carbocycles. The standard InChI is InChI=1S/C7H4F2N2O3S/c8-5-1-2-6(15(9,13)14)4-3-10-11(12)7(4)5/h1-3,12H. The Morgan fingerprint density at radius 2 is 2.07 bits per heavy atom. The third-order valence-corrected chi connectivity index (χ3v) is 2.77. The van der Waals surface area contributed by atoms with Gasteiger partial charge in [0.15, 0.2) is 5.82 Å². The van der Waals surface area contributed by atoms with Gasteiger partial charge in [-0.1, -0.05) is 4.85 Å². The Balaban J connectivity index is 2.98. The van der Waals surface area contributed by atoms with Gasteiger partial charge in [-0.25, -0.2) is 4.39 Å². The van der Waals surface area contributed by atoms with E-state index in [-0.39, 0.29) is 10.2 Å². The van der Waals surface area contributed by atoms with Crippen molar-refractivity contribution in [2.45, 2.75) is 4.90 Å². The van der Waals surface area contributed by atoms with E-state index < -0.39 is 26.5 Å². The van der Waals surface area contributed by atoms with Gasteiger partial charge in [-0.15, -0.1) is 8.98 Å². The zero-order valence-electron chi connectivity index (χ0n) is 7.05. The lowest BCUT2D eigenvalue weighted by Gasteiger charge is -1.98. The molecule has 0 bridgehead atoms. The summed E-state index contributed by atoms with van der Waals surface area (Å²) in [5.41, 5.74) is -0.478. The molecule has 0 aliphatic heterocycles. The molecule has 0 atom stereocenters. The van der Waals surface area contributed by atoms with Gasteiger partial charge in [-0.2, -0.15) is 8.42 Å². The van der Waals surface area contributed by atoms with E-state index in [2.05, 4.69) is 5.10 Å². The van der Waals surface area contributed by atoms with E-state index >= 15 is 0 Å². The molecule has 0 fully saturated rings. The number of benzene rings is 1.